The largest absolute Gasteiger partial charge is 0.376 e. The van der Waals surface area contributed by atoms with Gasteiger partial charge in [-0.25, -0.2) is 0 Å². The van der Waals surface area contributed by atoms with Gasteiger partial charge in [-0.05, 0) is 12.3 Å². The van der Waals surface area contributed by atoms with Crippen molar-refractivity contribution in [3.63, 3.8) is 0 Å². The molecule has 6 heteroatoms. The number of carbonyl (C=O) groups excluding carboxylic acids is 1. The highest BCUT2D eigenvalue weighted by Gasteiger charge is 2.31. The van der Waals surface area contributed by atoms with Crippen molar-refractivity contribution >= 4 is 5.91 Å². The molecule has 116 valence electrons. The van der Waals surface area contributed by atoms with Crippen LogP contribution in [0.3, 0.4) is 0 Å². The van der Waals surface area contributed by atoms with E-state index >= 15 is 0 Å². The molecule has 0 spiro atoms. The van der Waals surface area contributed by atoms with Crippen LogP contribution in [-0.4, -0.2) is 53.3 Å². The first-order valence-corrected chi connectivity index (χ1v) is 7.83. The van der Waals surface area contributed by atoms with Crippen LogP contribution in [0.1, 0.15) is 42.0 Å². The summed E-state index contributed by atoms with van der Waals surface area (Å²) in [6, 6.07) is 0. The Hall–Kier alpha value is -1.40. The van der Waals surface area contributed by atoms with Crippen LogP contribution in [0, 0.1) is 5.92 Å². The van der Waals surface area contributed by atoms with E-state index in [2.05, 4.69) is 29.4 Å². The lowest BCUT2D eigenvalue weighted by Crippen LogP contribution is -2.32. The molecule has 3 heterocycles. The molecule has 1 saturated heterocycles. The van der Waals surface area contributed by atoms with Crippen LogP contribution in [0.2, 0.25) is 0 Å². The van der Waals surface area contributed by atoms with Crippen LogP contribution in [-0.2, 0) is 17.7 Å². The highest BCUT2D eigenvalue weighted by Crippen LogP contribution is 2.20. The molecule has 1 aromatic rings. The number of fused-ring (bicyclic) bond motifs is 1. The van der Waals surface area contributed by atoms with Crippen LogP contribution >= 0.6 is 0 Å². The molecule has 0 aliphatic carbocycles. The van der Waals surface area contributed by atoms with Gasteiger partial charge in [-0.2, -0.15) is 5.10 Å². The fraction of sp³-hybridized carbons (Fsp3) is 0.733. The van der Waals surface area contributed by atoms with Gasteiger partial charge in [0.05, 0.1) is 6.10 Å². The number of aromatic amines is 1. The zero-order chi connectivity index (χ0) is 14.8. The highest BCUT2D eigenvalue weighted by atomic mass is 16.5. The number of nitrogens with one attached hydrogen (secondary N) is 2. The minimum Gasteiger partial charge on any atom is -0.376 e. The molecule has 6 nitrogen and oxygen atoms in total. The van der Waals surface area contributed by atoms with Gasteiger partial charge < -0.3 is 15.0 Å². The molecule has 1 amide bonds. The van der Waals surface area contributed by atoms with E-state index in [-0.39, 0.29) is 12.0 Å². The first-order chi connectivity index (χ1) is 10.1. The standard InChI is InChI=1S/C15H24N4O2/c1-10(2)9-21-11-4-6-19(8-11)15(20)14-12-7-16-5-3-13(12)17-18-14/h10-11,16H,3-9H2,1-2H3,(H,17,18). The minimum atomic E-state index is 0.0341. The third kappa shape index (κ3) is 3.11. The van der Waals surface area contributed by atoms with E-state index in [1.807, 2.05) is 4.90 Å². The molecule has 2 aliphatic heterocycles. The van der Waals surface area contributed by atoms with Gasteiger partial charge in [-0.3, -0.25) is 9.89 Å². The second kappa shape index (κ2) is 6.15. The van der Waals surface area contributed by atoms with Gasteiger partial charge in [-0.15, -0.1) is 0 Å². The van der Waals surface area contributed by atoms with Gasteiger partial charge in [0.2, 0.25) is 0 Å². The van der Waals surface area contributed by atoms with Gasteiger partial charge >= 0.3 is 0 Å². The Morgan fingerprint density at radius 1 is 1.52 bits per heavy atom. The zero-order valence-corrected chi connectivity index (χ0v) is 12.8. The number of amides is 1. The van der Waals surface area contributed by atoms with Crippen molar-refractivity contribution in [2.75, 3.05) is 26.2 Å². The molecular formula is C15H24N4O2. The smallest absolute Gasteiger partial charge is 0.274 e. The van der Waals surface area contributed by atoms with Crippen molar-refractivity contribution in [2.24, 2.45) is 5.92 Å². The Balaban J connectivity index is 1.63. The lowest BCUT2D eigenvalue weighted by Gasteiger charge is -2.18. The summed E-state index contributed by atoms with van der Waals surface area (Å²) in [5, 5.41) is 10.6. The molecule has 0 radical (unpaired) electrons. The predicted octanol–water partition coefficient (Wildman–Crippen LogP) is 0.942. The van der Waals surface area contributed by atoms with Gasteiger partial charge in [0.1, 0.15) is 0 Å². The predicted molar refractivity (Wildman–Crippen MR) is 79.1 cm³/mol. The summed E-state index contributed by atoms with van der Waals surface area (Å²) >= 11 is 0. The van der Waals surface area contributed by atoms with Crippen molar-refractivity contribution in [1.29, 1.82) is 0 Å². The van der Waals surface area contributed by atoms with E-state index in [9.17, 15) is 4.79 Å². The maximum atomic E-state index is 12.6. The molecule has 1 aromatic heterocycles. The van der Waals surface area contributed by atoms with Crippen molar-refractivity contribution < 1.29 is 9.53 Å². The molecule has 21 heavy (non-hydrogen) atoms. The summed E-state index contributed by atoms with van der Waals surface area (Å²) in [6.45, 7) is 8.15. The molecule has 3 rings (SSSR count). The quantitative estimate of drug-likeness (QED) is 0.866. The second-order valence-corrected chi connectivity index (χ2v) is 6.35. The van der Waals surface area contributed by atoms with E-state index in [1.165, 1.54) is 0 Å². The molecule has 1 fully saturated rings. The number of hydrogen-bond acceptors (Lipinski definition) is 4. The average molecular weight is 292 g/mol. The molecule has 0 aromatic carbocycles. The lowest BCUT2D eigenvalue weighted by molar-refractivity contribution is 0.0395. The summed E-state index contributed by atoms with van der Waals surface area (Å²) in [4.78, 5) is 14.5. The molecule has 1 unspecified atom stereocenters. The maximum Gasteiger partial charge on any atom is 0.274 e. The normalized spacial score (nSPS) is 21.9. The lowest BCUT2D eigenvalue weighted by atomic mass is 10.1. The first-order valence-electron chi connectivity index (χ1n) is 7.83. The number of aromatic nitrogens is 2. The summed E-state index contributed by atoms with van der Waals surface area (Å²) in [7, 11) is 0. The van der Waals surface area contributed by atoms with E-state index in [1.54, 1.807) is 0 Å². The molecule has 2 N–H and O–H groups in total. The van der Waals surface area contributed by atoms with Crippen LogP contribution in [0.15, 0.2) is 0 Å². The number of nitrogens with zero attached hydrogens (tertiary/aromatic N) is 2. The molecule has 1 atom stereocenters. The van der Waals surface area contributed by atoms with Crippen molar-refractivity contribution in [2.45, 2.75) is 39.3 Å². The Bertz CT molecular complexity index is 512. The third-order valence-electron chi connectivity index (χ3n) is 4.11. The van der Waals surface area contributed by atoms with Crippen LogP contribution in [0.25, 0.3) is 0 Å². The Morgan fingerprint density at radius 2 is 2.38 bits per heavy atom. The molecule has 0 saturated carbocycles. The third-order valence-corrected chi connectivity index (χ3v) is 4.11. The summed E-state index contributed by atoms with van der Waals surface area (Å²) in [5.74, 6) is 0.561. The van der Waals surface area contributed by atoms with Crippen molar-refractivity contribution in [3.8, 4) is 0 Å². The van der Waals surface area contributed by atoms with Crippen LogP contribution < -0.4 is 5.32 Å². The number of rotatable bonds is 4. The minimum absolute atomic E-state index is 0.0341. The monoisotopic (exact) mass is 292 g/mol. The number of carbonyl (C=O) groups is 1. The van der Waals surface area contributed by atoms with Gasteiger partial charge in [0.25, 0.3) is 5.91 Å². The fourth-order valence-corrected chi connectivity index (χ4v) is 2.93. The van der Waals surface area contributed by atoms with Crippen LogP contribution in [0.4, 0.5) is 0 Å². The Labute approximate surface area is 125 Å². The van der Waals surface area contributed by atoms with Crippen LogP contribution in [0.5, 0.6) is 0 Å². The van der Waals surface area contributed by atoms with E-state index in [0.717, 1.165) is 50.3 Å². The van der Waals surface area contributed by atoms with Crippen molar-refractivity contribution in [3.05, 3.63) is 17.0 Å². The number of hydrogen-bond donors (Lipinski definition) is 2. The Kier molecular flexibility index (Phi) is 4.26. The average Bonchev–Trinajstić information content (AvgIpc) is 3.11. The van der Waals surface area contributed by atoms with Gasteiger partial charge in [0, 0.05) is 50.5 Å². The molecule has 2 aliphatic rings. The topological polar surface area (TPSA) is 70.2 Å². The van der Waals surface area contributed by atoms with Gasteiger partial charge in [-0.1, -0.05) is 13.8 Å². The summed E-state index contributed by atoms with van der Waals surface area (Å²) < 4.78 is 5.84. The Morgan fingerprint density at radius 3 is 3.19 bits per heavy atom. The second-order valence-electron chi connectivity index (χ2n) is 6.35. The molecular weight excluding hydrogens is 268 g/mol. The summed E-state index contributed by atoms with van der Waals surface area (Å²) in [5.41, 5.74) is 2.73. The van der Waals surface area contributed by atoms with E-state index < -0.39 is 0 Å². The maximum absolute atomic E-state index is 12.6. The van der Waals surface area contributed by atoms with E-state index in [4.69, 9.17) is 4.74 Å². The van der Waals surface area contributed by atoms with Crippen molar-refractivity contribution in [1.82, 2.24) is 20.4 Å². The number of likely N-dealkylation sites (tertiary alicyclic amines) is 1. The van der Waals surface area contributed by atoms with Gasteiger partial charge in [0.15, 0.2) is 5.69 Å². The number of H-pyrrole nitrogens is 1. The number of ether oxygens (including phenoxy) is 1. The van der Waals surface area contributed by atoms with E-state index in [0.29, 0.717) is 18.2 Å². The summed E-state index contributed by atoms with van der Waals surface area (Å²) in [6.07, 6.45) is 2.00. The fourth-order valence-electron chi connectivity index (χ4n) is 2.93. The molecule has 0 bridgehead atoms. The SMILES string of the molecule is CC(C)COC1CCN(C(=O)c2n[nH]c3c2CNCC3)C1. The zero-order valence-electron chi connectivity index (χ0n) is 12.8. The first kappa shape index (κ1) is 14.5. The highest BCUT2D eigenvalue weighted by molar-refractivity contribution is 5.94.